The van der Waals surface area contributed by atoms with Crippen LogP contribution in [0.1, 0.15) is 35.2 Å². The van der Waals surface area contributed by atoms with E-state index in [2.05, 4.69) is 4.98 Å². The molecule has 1 aliphatic heterocycles. The van der Waals surface area contributed by atoms with Crippen molar-refractivity contribution < 1.29 is 23.8 Å². The number of Topliss-reactive ketones (excluding diaryl/α,β-unsaturated/α-hetero) is 1. The van der Waals surface area contributed by atoms with Gasteiger partial charge in [-0.2, -0.15) is 0 Å². The normalized spacial score (nSPS) is 17.2. The van der Waals surface area contributed by atoms with E-state index in [1.807, 2.05) is 32.9 Å². The number of aryl methyl sites for hydroxylation is 2. The molecular formula is C28H23FN2O4S. The van der Waals surface area contributed by atoms with E-state index in [-0.39, 0.29) is 11.3 Å². The Bertz CT molecular complexity index is 1540. The number of amides is 1. The molecule has 0 saturated carbocycles. The van der Waals surface area contributed by atoms with Crippen LogP contribution in [0.2, 0.25) is 0 Å². The summed E-state index contributed by atoms with van der Waals surface area (Å²) in [5.74, 6) is -1.94. The van der Waals surface area contributed by atoms with Gasteiger partial charge in [-0.3, -0.25) is 14.5 Å². The highest BCUT2D eigenvalue weighted by Crippen LogP contribution is 2.44. The number of thiazole rings is 1. The van der Waals surface area contributed by atoms with E-state index in [9.17, 15) is 19.1 Å². The molecular weight excluding hydrogens is 479 g/mol. The minimum Gasteiger partial charge on any atom is -0.507 e. The second-order valence-electron chi connectivity index (χ2n) is 8.61. The van der Waals surface area contributed by atoms with Crippen LogP contribution < -0.4 is 9.64 Å². The van der Waals surface area contributed by atoms with Crippen LogP contribution in [0.3, 0.4) is 0 Å². The summed E-state index contributed by atoms with van der Waals surface area (Å²) >= 11 is 1.28. The number of benzene rings is 3. The Balaban J connectivity index is 1.70. The first-order valence-electron chi connectivity index (χ1n) is 11.5. The molecule has 1 fully saturated rings. The second kappa shape index (κ2) is 9.20. The summed E-state index contributed by atoms with van der Waals surface area (Å²) in [5.41, 5.74) is 3.30. The third kappa shape index (κ3) is 4.03. The molecule has 2 heterocycles. The van der Waals surface area contributed by atoms with Gasteiger partial charge in [-0.05, 0) is 79.9 Å². The summed E-state index contributed by atoms with van der Waals surface area (Å²) in [5, 5.41) is 11.5. The van der Waals surface area contributed by atoms with Crippen LogP contribution in [0, 0.1) is 19.7 Å². The van der Waals surface area contributed by atoms with E-state index in [0.29, 0.717) is 28.6 Å². The molecule has 5 rings (SSSR count). The molecule has 1 atom stereocenters. The van der Waals surface area contributed by atoms with Gasteiger partial charge in [-0.15, -0.1) is 0 Å². The van der Waals surface area contributed by atoms with Crippen molar-refractivity contribution in [2.75, 3.05) is 11.5 Å². The number of anilines is 1. The van der Waals surface area contributed by atoms with Gasteiger partial charge in [0.05, 0.1) is 28.4 Å². The van der Waals surface area contributed by atoms with Crippen molar-refractivity contribution in [3.05, 3.63) is 94.3 Å². The van der Waals surface area contributed by atoms with Gasteiger partial charge in [-0.25, -0.2) is 9.37 Å². The number of hydrogen-bond acceptors (Lipinski definition) is 6. The van der Waals surface area contributed by atoms with Crippen molar-refractivity contribution in [1.29, 1.82) is 0 Å². The third-order valence-corrected chi connectivity index (χ3v) is 7.07. The van der Waals surface area contributed by atoms with E-state index in [1.54, 1.807) is 30.3 Å². The van der Waals surface area contributed by atoms with Gasteiger partial charge in [0.1, 0.15) is 17.3 Å². The zero-order valence-corrected chi connectivity index (χ0v) is 20.7. The molecule has 1 N–H and O–H groups in total. The van der Waals surface area contributed by atoms with E-state index < -0.39 is 23.5 Å². The number of rotatable bonds is 5. The van der Waals surface area contributed by atoms with Gasteiger partial charge >= 0.3 is 5.91 Å². The average molecular weight is 503 g/mol. The molecule has 0 aliphatic carbocycles. The summed E-state index contributed by atoms with van der Waals surface area (Å²) in [4.78, 5) is 32.6. The lowest BCUT2D eigenvalue weighted by Crippen LogP contribution is -2.29. The van der Waals surface area contributed by atoms with Crippen LogP contribution in [0.5, 0.6) is 5.75 Å². The van der Waals surface area contributed by atoms with Crippen LogP contribution in [-0.4, -0.2) is 28.4 Å². The quantitative estimate of drug-likeness (QED) is 0.203. The van der Waals surface area contributed by atoms with E-state index in [0.717, 1.165) is 21.3 Å². The van der Waals surface area contributed by atoms with E-state index in [4.69, 9.17) is 4.74 Å². The maximum Gasteiger partial charge on any atom is 0.301 e. The molecule has 182 valence electrons. The zero-order valence-electron chi connectivity index (χ0n) is 19.9. The van der Waals surface area contributed by atoms with Crippen molar-refractivity contribution in [3.8, 4) is 5.75 Å². The lowest BCUT2D eigenvalue weighted by molar-refractivity contribution is -0.132. The Morgan fingerprint density at radius 3 is 2.56 bits per heavy atom. The first kappa shape index (κ1) is 23.7. The molecule has 6 nitrogen and oxygen atoms in total. The van der Waals surface area contributed by atoms with Crippen LogP contribution in [0.4, 0.5) is 9.52 Å². The molecule has 4 aromatic rings. The fraction of sp³-hybridized carbons (Fsp3) is 0.179. The number of aliphatic hydroxyl groups excluding tert-OH is 1. The number of aromatic nitrogens is 1. The van der Waals surface area contributed by atoms with Crippen molar-refractivity contribution in [2.24, 2.45) is 0 Å². The topological polar surface area (TPSA) is 79.7 Å². The number of ketones is 1. The predicted molar refractivity (Wildman–Crippen MR) is 138 cm³/mol. The number of aliphatic hydroxyl groups is 1. The first-order valence-corrected chi connectivity index (χ1v) is 12.3. The lowest BCUT2D eigenvalue weighted by Gasteiger charge is -2.23. The number of nitrogens with zero attached hydrogens (tertiary/aromatic N) is 2. The highest BCUT2D eigenvalue weighted by molar-refractivity contribution is 7.22. The average Bonchev–Trinajstić information content (AvgIpc) is 3.38. The van der Waals surface area contributed by atoms with Gasteiger partial charge in [0.15, 0.2) is 5.13 Å². The fourth-order valence-corrected chi connectivity index (χ4v) is 5.68. The van der Waals surface area contributed by atoms with Crippen LogP contribution in [0.15, 0.2) is 66.2 Å². The number of carbonyl (C=O) groups is 2. The second-order valence-corrected chi connectivity index (χ2v) is 9.62. The third-order valence-electron chi connectivity index (χ3n) is 6.07. The standard InChI is InChI=1S/C28H23FN2O4S/c1-4-35-20-10-8-17(9-11-20)25(32)22-24(18-6-5-7-19(29)14-18)31(27(34)26(22)33)28-30-23-16(3)12-15(2)13-21(23)36-28/h5-14,24,32H,4H2,1-3H3/t24-/m1/s1. The van der Waals surface area contributed by atoms with Crippen molar-refractivity contribution in [3.63, 3.8) is 0 Å². The molecule has 36 heavy (non-hydrogen) atoms. The number of fused-ring (bicyclic) bond motifs is 1. The van der Waals surface area contributed by atoms with Crippen LogP contribution in [0.25, 0.3) is 16.0 Å². The molecule has 0 bridgehead atoms. The van der Waals surface area contributed by atoms with Crippen LogP contribution >= 0.6 is 11.3 Å². The maximum atomic E-state index is 14.3. The van der Waals surface area contributed by atoms with Crippen molar-refractivity contribution >= 4 is 44.1 Å². The Hall–Kier alpha value is -4.04. The zero-order chi connectivity index (χ0) is 25.6. The van der Waals surface area contributed by atoms with E-state index >= 15 is 0 Å². The van der Waals surface area contributed by atoms with Gasteiger partial charge in [0.25, 0.3) is 5.78 Å². The summed E-state index contributed by atoms with van der Waals surface area (Å²) in [7, 11) is 0. The Morgan fingerprint density at radius 1 is 1.11 bits per heavy atom. The van der Waals surface area contributed by atoms with Gasteiger partial charge < -0.3 is 9.84 Å². The number of carbonyl (C=O) groups excluding carboxylic acids is 2. The molecule has 0 radical (unpaired) electrons. The number of halogens is 1. The minimum atomic E-state index is -1.05. The summed E-state index contributed by atoms with van der Waals surface area (Å²) in [6.07, 6.45) is 0. The highest BCUT2D eigenvalue weighted by Gasteiger charge is 2.48. The molecule has 1 aliphatic rings. The number of ether oxygens (including phenoxy) is 1. The van der Waals surface area contributed by atoms with Gasteiger partial charge in [0.2, 0.25) is 0 Å². The first-order chi connectivity index (χ1) is 17.3. The van der Waals surface area contributed by atoms with Crippen molar-refractivity contribution in [1.82, 2.24) is 4.98 Å². The Labute approximate surface area is 211 Å². The summed E-state index contributed by atoms with van der Waals surface area (Å²) in [6.45, 7) is 6.25. The predicted octanol–water partition coefficient (Wildman–Crippen LogP) is 6.08. The number of hydrogen-bond donors (Lipinski definition) is 1. The molecule has 1 saturated heterocycles. The largest absolute Gasteiger partial charge is 0.507 e. The fourth-order valence-electron chi connectivity index (χ4n) is 4.52. The Kier molecular flexibility index (Phi) is 6.05. The molecule has 1 amide bonds. The monoisotopic (exact) mass is 502 g/mol. The van der Waals surface area contributed by atoms with Crippen molar-refractivity contribution in [2.45, 2.75) is 26.8 Å². The molecule has 8 heteroatoms. The molecule has 0 unspecified atom stereocenters. The Morgan fingerprint density at radius 2 is 1.86 bits per heavy atom. The summed E-state index contributed by atoms with van der Waals surface area (Å²) < 4.78 is 20.6. The molecule has 0 spiro atoms. The molecule has 3 aromatic carbocycles. The molecule has 1 aromatic heterocycles. The summed E-state index contributed by atoms with van der Waals surface area (Å²) in [6, 6.07) is 15.2. The maximum absolute atomic E-state index is 14.3. The SMILES string of the molecule is CCOc1ccc(C(O)=C2C(=O)C(=O)N(c3nc4c(C)cc(C)cc4s3)[C@@H]2c2cccc(F)c2)cc1. The smallest absolute Gasteiger partial charge is 0.301 e. The minimum absolute atomic E-state index is 0.123. The van der Waals surface area contributed by atoms with Crippen LogP contribution in [-0.2, 0) is 9.59 Å². The highest BCUT2D eigenvalue weighted by atomic mass is 32.1. The van der Waals surface area contributed by atoms with Gasteiger partial charge in [0, 0.05) is 5.56 Å². The lowest BCUT2D eigenvalue weighted by atomic mass is 9.95. The van der Waals surface area contributed by atoms with E-state index in [1.165, 1.54) is 34.4 Å². The van der Waals surface area contributed by atoms with Gasteiger partial charge in [-0.1, -0.05) is 29.5 Å².